The van der Waals surface area contributed by atoms with Gasteiger partial charge in [0.05, 0.1) is 0 Å². The maximum atomic E-state index is 5.63. The average Bonchev–Trinajstić information content (AvgIpc) is 2.41. The van der Waals surface area contributed by atoms with Crippen LogP contribution in [0.1, 0.15) is 0 Å². The summed E-state index contributed by atoms with van der Waals surface area (Å²) in [5, 5.41) is 0.344. The summed E-state index contributed by atoms with van der Waals surface area (Å²) in [5.41, 5.74) is 2.68. The lowest BCUT2D eigenvalue weighted by molar-refractivity contribution is 0.120. The first kappa shape index (κ1) is 13.7. The molecular weight excluding hydrogens is 236 g/mol. The molecule has 0 saturated heterocycles. The fourth-order valence-corrected chi connectivity index (χ4v) is 2.86. The molecule has 0 aliphatic rings. The van der Waals surface area contributed by atoms with Crippen molar-refractivity contribution < 1.29 is 18.0 Å². The first-order valence-corrected chi connectivity index (χ1v) is 6.73. The molecule has 0 spiro atoms. The number of benzene rings is 1. The van der Waals surface area contributed by atoms with Crippen LogP contribution in [0.2, 0.25) is 0 Å². The predicted octanol–water partition coefficient (Wildman–Crippen LogP) is 2.15. The third kappa shape index (κ3) is 3.06. The molecule has 92 valence electrons. The highest BCUT2D eigenvalue weighted by molar-refractivity contribution is 6.68. The van der Waals surface area contributed by atoms with E-state index in [-0.39, 0.29) is 0 Å². The van der Waals surface area contributed by atoms with Crippen LogP contribution in [0.3, 0.4) is 0 Å². The van der Waals surface area contributed by atoms with Gasteiger partial charge in [-0.1, -0.05) is 30.5 Å². The molecule has 1 aromatic rings. The molecule has 0 N–H and O–H groups in total. The quantitative estimate of drug-likeness (QED) is 0.441. The van der Waals surface area contributed by atoms with Gasteiger partial charge in [-0.05, 0) is 12.1 Å². The summed E-state index contributed by atoms with van der Waals surface area (Å²) in [6.07, 6.45) is 0. The minimum atomic E-state index is -3.01. The standard InChI is InChI=1S/C12H16O4Si/c1-5-12(17(13-2,14-3)15-4)16-11-9-7-6-8-10-11/h6-10H,1H2,2-4H3. The van der Waals surface area contributed by atoms with Crippen molar-refractivity contribution >= 4 is 8.80 Å². The van der Waals surface area contributed by atoms with E-state index in [2.05, 4.69) is 12.3 Å². The summed E-state index contributed by atoms with van der Waals surface area (Å²) >= 11 is 0. The van der Waals surface area contributed by atoms with E-state index in [1.165, 1.54) is 21.3 Å². The van der Waals surface area contributed by atoms with Gasteiger partial charge in [0.1, 0.15) is 5.75 Å². The van der Waals surface area contributed by atoms with Gasteiger partial charge in [0.2, 0.25) is 5.38 Å². The maximum Gasteiger partial charge on any atom is 0.582 e. The zero-order valence-electron chi connectivity index (χ0n) is 10.2. The van der Waals surface area contributed by atoms with Crippen LogP contribution in [0.25, 0.3) is 0 Å². The van der Waals surface area contributed by atoms with Crippen molar-refractivity contribution in [3.8, 4) is 5.75 Å². The molecule has 1 rings (SSSR count). The van der Waals surface area contributed by atoms with Crippen molar-refractivity contribution in [3.05, 3.63) is 48.0 Å². The number of para-hydroxylation sites is 1. The summed E-state index contributed by atoms with van der Waals surface area (Å²) in [6, 6.07) is 9.27. The second kappa shape index (κ2) is 6.39. The van der Waals surface area contributed by atoms with Crippen molar-refractivity contribution in [2.75, 3.05) is 21.3 Å². The minimum absolute atomic E-state index is 0.344. The largest absolute Gasteiger partial charge is 0.582 e. The van der Waals surface area contributed by atoms with Gasteiger partial charge in [0.25, 0.3) is 0 Å². The molecule has 0 aromatic heterocycles. The molecule has 0 aliphatic carbocycles. The van der Waals surface area contributed by atoms with Crippen molar-refractivity contribution in [1.82, 2.24) is 0 Å². The number of rotatable bonds is 6. The molecule has 0 atom stereocenters. The first-order chi connectivity index (χ1) is 8.22. The zero-order valence-corrected chi connectivity index (χ0v) is 11.2. The highest BCUT2D eigenvalue weighted by Crippen LogP contribution is 2.21. The van der Waals surface area contributed by atoms with Gasteiger partial charge in [-0.15, -0.1) is 0 Å². The molecule has 0 unspecified atom stereocenters. The van der Waals surface area contributed by atoms with Crippen LogP contribution in [-0.2, 0) is 13.3 Å². The second-order valence-electron chi connectivity index (χ2n) is 3.09. The predicted molar refractivity (Wildman–Crippen MR) is 66.5 cm³/mol. The minimum Gasteiger partial charge on any atom is -0.450 e. The molecule has 0 amide bonds. The number of hydrogen-bond donors (Lipinski definition) is 0. The molecule has 4 nitrogen and oxygen atoms in total. The average molecular weight is 252 g/mol. The van der Waals surface area contributed by atoms with E-state index in [9.17, 15) is 0 Å². The van der Waals surface area contributed by atoms with Gasteiger partial charge in [-0.3, -0.25) is 0 Å². The van der Waals surface area contributed by atoms with E-state index in [1.54, 1.807) is 0 Å². The van der Waals surface area contributed by atoms with Gasteiger partial charge in [-0.25, -0.2) is 0 Å². The van der Waals surface area contributed by atoms with E-state index in [0.717, 1.165) is 0 Å². The topological polar surface area (TPSA) is 36.9 Å². The highest BCUT2D eigenvalue weighted by Gasteiger charge is 2.46. The SMILES string of the molecule is C=C=C(Oc1ccccc1)[Si](OC)(OC)OC. The van der Waals surface area contributed by atoms with Gasteiger partial charge in [0, 0.05) is 21.3 Å². The highest BCUT2D eigenvalue weighted by atomic mass is 28.4. The Balaban J connectivity index is 2.97. The lowest BCUT2D eigenvalue weighted by atomic mass is 10.3. The molecule has 0 bridgehead atoms. The van der Waals surface area contributed by atoms with Gasteiger partial charge >= 0.3 is 8.80 Å². The van der Waals surface area contributed by atoms with Crippen molar-refractivity contribution in [2.45, 2.75) is 0 Å². The molecule has 17 heavy (non-hydrogen) atoms. The van der Waals surface area contributed by atoms with Crippen LogP contribution in [0.5, 0.6) is 5.75 Å². The van der Waals surface area contributed by atoms with E-state index >= 15 is 0 Å². The molecular formula is C12H16O4Si. The summed E-state index contributed by atoms with van der Waals surface area (Å²) in [7, 11) is 1.51. The Morgan fingerprint density at radius 1 is 1.06 bits per heavy atom. The van der Waals surface area contributed by atoms with Gasteiger partial charge in [0.15, 0.2) is 0 Å². The van der Waals surface area contributed by atoms with Crippen molar-refractivity contribution in [1.29, 1.82) is 0 Å². The van der Waals surface area contributed by atoms with E-state index in [4.69, 9.17) is 18.0 Å². The van der Waals surface area contributed by atoms with Gasteiger partial charge in [-0.2, -0.15) is 0 Å². The molecule has 0 radical (unpaired) electrons. The second-order valence-corrected chi connectivity index (χ2v) is 5.88. The van der Waals surface area contributed by atoms with Crippen LogP contribution in [-0.4, -0.2) is 30.1 Å². The lowest BCUT2D eigenvalue weighted by Crippen LogP contribution is -2.47. The number of ether oxygens (including phenoxy) is 1. The summed E-state index contributed by atoms with van der Waals surface area (Å²) < 4.78 is 21.5. The first-order valence-electron chi connectivity index (χ1n) is 5.01. The summed E-state index contributed by atoms with van der Waals surface area (Å²) in [4.78, 5) is 0. The normalized spacial score (nSPS) is 10.8. The van der Waals surface area contributed by atoms with Crippen LogP contribution < -0.4 is 4.74 Å². The zero-order chi connectivity index (χ0) is 12.7. The van der Waals surface area contributed by atoms with Crippen LogP contribution in [0, 0.1) is 0 Å². The van der Waals surface area contributed by atoms with E-state index in [1.807, 2.05) is 30.3 Å². The smallest absolute Gasteiger partial charge is 0.450 e. The fourth-order valence-electron chi connectivity index (χ4n) is 1.34. The molecule has 0 aliphatic heterocycles. The Hall–Kier alpha value is -1.36. The van der Waals surface area contributed by atoms with Crippen LogP contribution in [0.15, 0.2) is 48.0 Å². The number of hydrogen-bond acceptors (Lipinski definition) is 4. The summed E-state index contributed by atoms with van der Waals surface area (Å²) in [5.74, 6) is 0.654. The summed E-state index contributed by atoms with van der Waals surface area (Å²) in [6.45, 7) is 3.57. The fraction of sp³-hybridized carbons (Fsp3) is 0.250. The molecule has 5 heteroatoms. The van der Waals surface area contributed by atoms with Crippen LogP contribution in [0.4, 0.5) is 0 Å². The monoisotopic (exact) mass is 252 g/mol. The third-order valence-electron chi connectivity index (χ3n) is 2.21. The van der Waals surface area contributed by atoms with E-state index < -0.39 is 8.80 Å². The Morgan fingerprint density at radius 3 is 2.00 bits per heavy atom. The van der Waals surface area contributed by atoms with Crippen molar-refractivity contribution in [2.24, 2.45) is 0 Å². The molecule has 0 heterocycles. The maximum absolute atomic E-state index is 5.63. The Kier molecular flexibility index (Phi) is 5.15. The Bertz CT molecular complexity index is 386. The lowest BCUT2D eigenvalue weighted by Gasteiger charge is -2.24. The molecule has 0 fully saturated rings. The van der Waals surface area contributed by atoms with E-state index in [0.29, 0.717) is 11.1 Å². The van der Waals surface area contributed by atoms with Crippen molar-refractivity contribution in [3.63, 3.8) is 0 Å². The Morgan fingerprint density at radius 2 is 1.59 bits per heavy atom. The Labute approximate surface area is 102 Å². The third-order valence-corrected chi connectivity index (χ3v) is 4.66. The van der Waals surface area contributed by atoms with Gasteiger partial charge < -0.3 is 18.0 Å². The molecule has 1 aromatic carbocycles. The van der Waals surface area contributed by atoms with Crippen LogP contribution >= 0.6 is 0 Å². The molecule has 0 saturated carbocycles.